The molecular formula is C14H20F3N3O3. The van der Waals surface area contributed by atoms with Gasteiger partial charge < -0.3 is 14.5 Å². The average Bonchev–Trinajstić information content (AvgIpc) is 2.79. The molecule has 0 aliphatic carbocycles. The Morgan fingerprint density at radius 1 is 1.30 bits per heavy atom. The molecule has 23 heavy (non-hydrogen) atoms. The lowest BCUT2D eigenvalue weighted by atomic mass is 10.1. The number of aryl methyl sites for hydroxylation is 2. The summed E-state index contributed by atoms with van der Waals surface area (Å²) < 4.78 is 42.0. The van der Waals surface area contributed by atoms with E-state index < -0.39 is 18.8 Å². The first-order valence-corrected chi connectivity index (χ1v) is 7.35. The van der Waals surface area contributed by atoms with E-state index in [2.05, 4.69) is 5.16 Å². The number of halogens is 3. The Morgan fingerprint density at radius 3 is 2.39 bits per heavy atom. The zero-order valence-corrected chi connectivity index (χ0v) is 13.1. The molecular weight excluding hydrogens is 315 g/mol. The Balaban J connectivity index is 1.83. The van der Waals surface area contributed by atoms with Gasteiger partial charge in [0.2, 0.25) is 5.91 Å². The molecule has 1 saturated heterocycles. The molecule has 1 atom stereocenters. The second-order valence-corrected chi connectivity index (χ2v) is 5.72. The number of carbonyl (C=O) groups excluding carboxylic acids is 1. The fraction of sp³-hybridized carbons (Fsp3) is 0.714. The summed E-state index contributed by atoms with van der Waals surface area (Å²) in [7, 11) is 0. The minimum atomic E-state index is -4.61. The van der Waals surface area contributed by atoms with E-state index in [4.69, 9.17) is 9.63 Å². The maximum Gasteiger partial charge on any atom is 0.415 e. The number of aliphatic hydroxyl groups is 1. The van der Waals surface area contributed by atoms with Crippen LogP contribution in [0.25, 0.3) is 0 Å². The second-order valence-electron chi connectivity index (χ2n) is 5.72. The molecule has 0 radical (unpaired) electrons. The number of aromatic nitrogens is 1. The van der Waals surface area contributed by atoms with Crippen LogP contribution in [-0.4, -0.2) is 71.0 Å². The van der Waals surface area contributed by atoms with Gasteiger partial charge >= 0.3 is 6.18 Å². The largest absolute Gasteiger partial charge is 0.415 e. The number of hydrogen-bond donors (Lipinski definition) is 1. The molecule has 1 N–H and O–H groups in total. The maximum atomic E-state index is 12.3. The third-order valence-electron chi connectivity index (χ3n) is 4.04. The molecule has 1 amide bonds. The Labute approximate surface area is 131 Å². The molecule has 0 saturated carbocycles. The van der Waals surface area contributed by atoms with E-state index in [0.29, 0.717) is 37.6 Å². The van der Waals surface area contributed by atoms with Crippen molar-refractivity contribution in [1.29, 1.82) is 0 Å². The molecule has 9 heteroatoms. The monoisotopic (exact) mass is 335 g/mol. The number of nitrogens with zero attached hydrogens (tertiary/aromatic N) is 3. The first kappa shape index (κ1) is 17.7. The first-order chi connectivity index (χ1) is 10.7. The van der Waals surface area contributed by atoms with Gasteiger partial charge in [-0.3, -0.25) is 9.69 Å². The van der Waals surface area contributed by atoms with E-state index in [9.17, 15) is 18.0 Å². The van der Waals surface area contributed by atoms with E-state index in [1.807, 2.05) is 0 Å². The van der Waals surface area contributed by atoms with Crippen molar-refractivity contribution in [1.82, 2.24) is 15.0 Å². The molecule has 0 spiro atoms. The number of hydrogen-bond acceptors (Lipinski definition) is 5. The molecule has 2 heterocycles. The number of alkyl halides is 3. The van der Waals surface area contributed by atoms with Crippen molar-refractivity contribution in [2.24, 2.45) is 0 Å². The van der Waals surface area contributed by atoms with Gasteiger partial charge in [-0.1, -0.05) is 5.16 Å². The summed E-state index contributed by atoms with van der Waals surface area (Å²) in [5.41, 5.74) is 1.42. The summed E-state index contributed by atoms with van der Waals surface area (Å²) in [6, 6.07) is 0. The Kier molecular flexibility index (Phi) is 5.30. The van der Waals surface area contributed by atoms with Crippen molar-refractivity contribution in [2.75, 3.05) is 32.7 Å². The van der Waals surface area contributed by atoms with Gasteiger partial charge in [0.25, 0.3) is 0 Å². The highest BCUT2D eigenvalue weighted by Crippen LogP contribution is 2.21. The zero-order valence-electron chi connectivity index (χ0n) is 13.1. The van der Waals surface area contributed by atoms with Crippen molar-refractivity contribution in [3.63, 3.8) is 0 Å². The van der Waals surface area contributed by atoms with Crippen molar-refractivity contribution in [3.05, 3.63) is 17.0 Å². The number of amides is 1. The Bertz CT molecular complexity index is 532. The Morgan fingerprint density at radius 2 is 1.91 bits per heavy atom. The molecule has 6 nitrogen and oxygen atoms in total. The van der Waals surface area contributed by atoms with Gasteiger partial charge in [-0.2, -0.15) is 13.2 Å². The topological polar surface area (TPSA) is 69.8 Å². The highest BCUT2D eigenvalue weighted by atomic mass is 19.4. The van der Waals surface area contributed by atoms with Gasteiger partial charge in [0.1, 0.15) is 5.76 Å². The molecule has 1 aliphatic rings. The number of piperazine rings is 1. The molecule has 1 aromatic heterocycles. The van der Waals surface area contributed by atoms with Crippen molar-refractivity contribution < 1.29 is 27.6 Å². The van der Waals surface area contributed by atoms with E-state index in [1.165, 1.54) is 4.90 Å². The van der Waals surface area contributed by atoms with Gasteiger partial charge in [-0.05, 0) is 13.8 Å². The molecule has 0 bridgehead atoms. The standard InChI is InChI=1S/C14H20F3N3O3/c1-9-11(10(2)23-18-9)7-13(22)20-5-3-19(4-6-20)8-12(21)14(15,16)17/h12,21H,3-8H2,1-2H3. The summed E-state index contributed by atoms with van der Waals surface area (Å²) in [4.78, 5) is 15.4. The second kappa shape index (κ2) is 6.88. The van der Waals surface area contributed by atoms with Crippen LogP contribution in [0.3, 0.4) is 0 Å². The fourth-order valence-electron chi connectivity index (χ4n) is 2.55. The van der Waals surface area contributed by atoms with Crippen molar-refractivity contribution in [2.45, 2.75) is 32.5 Å². The van der Waals surface area contributed by atoms with E-state index in [-0.39, 0.29) is 12.3 Å². The average molecular weight is 335 g/mol. The SMILES string of the molecule is Cc1noc(C)c1CC(=O)N1CCN(CC(O)C(F)(F)F)CC1. The third kappa shape index (κ3) is 4.44. The summed E-state index contributed by atoms with van der Waals surface area (Å²) in [5.74, 6) is 0.498. The summed E-state index contributed by atoms with van der Waals surface area (Å²) >= 11 is 0. The van der Waals surface area contributed by atoms with Crippen LogP contribution in [0.1, 0.15) is 17.0 Å². The van der Waals surface area contributed by atoms with Crippen LogP contribution in [0, 0.1) is 13.8 Å². The van der Waals surface area contributed by atoms with E-state index in [0.717, 1.165) is 5.56 Å². The lowest BCUT2D eigenvalue weighted by Gasteiger charge is -2.35. The van der Waals surface area contributed by atoms with Gasteiger partial charge in [-0.25, -0.2) is 0 Å². The quantitative estimate of drug-likeness (QED) is 0.885. The zero-order chi connectivity index (χ0) is 17.2. The number of β-amino-alcohol motifs (C(OH)–C–C–N with tert-alkyl or cyclic N) is 1. The van der Waals surface area contributed by atoms with Crippen LogP contribution in [0.5, 0.6) is 0 Å². The highest BCUT2D eigenvalue weighted by molar-refractivity contribution is 5.79. The van der Waals surface area contributed by atoms with Crippen LogP contribution in [0.2, 0.25) is 0 Å². The fourth-order valence-corrected chi connectivity index (χ4v) is 2.55. The predicted octanol–water partition coefficient (Wildman–Crippen LogP) is 0.901. The summed E-state index contributed by atoms with van der Waals surface area (Å²) in [6.45, 7) is 4.32. The van der Waals surface area contributed by atoms with Crippen LogP contribution >= 0.6 is 0 Å². The van der Waals surface area contributed by atoms with Crippen molar-refractivity contribution >= 4 is 5.91 Å². The van der Waals surface area contributed by atoms with Crippen LogP contribution < -0.4 is 0 Å². The normalized spacial score (nSPS) is 18.3. The molecule has 1 aromatic rings. The molecule has 2 rings (SSSR count). The smallest absolute Gasteiger partial charge is 0.382 e. The number of carbonyl (C=O) groups is 1. The first-order valence-electron chi connectivity index (χ1n) is 7.35. The van der Waals surface area contributed by atoms with Crippen LogP contribution in [-0.2, 0) is 11.2 Å². The summed E-state index contributed by atoms with van der Waals surface area (Å²) in [5, 5.41) is 12.9. The van der Waals surface area contributed by atoms with E-state index >= 15 is 0 Å². The maximum absolute atomic E-state index is 12.3. The van der Waals surface area contributed by atoms with Gasteiger partial charge in [0, 0.05) is 38.3 Å². The Hall–Kier alpha value is -1.61. The van der Waals surface area contributed by atoms with Gasteiger partial charge in [0.15, 0.2) is 6.10 Å². The van der Waals surface area contributed by atoms with Gasteiger partial charge in [-0.15, -0.1) is 0 Å². The predicted molar refractivity (Wildman–Crippen MR) is 74.8 cm³/mol. The molecule has 130 valence electrons. The third-order valence-corrected chi connectivity index (χ3v) is 4.04. The minimum absolute atomic E-state index is 0.101. The lowest BCUT2D eigenvalue weighted by Crippen LogP contribution is -2.52. The highest BCUT2D eigenvalue weighted by Gasteiger charge is 2.39. The lowest BCUT2D eigenvalue weighted by molar-refractivity contribution is -0.209. The molecule has 1 unspecified atom stereocenters. The molecule has 0 aromatic carbocycles. The summed E-state index contributed by atoms with van der Waals surface area (Å²) in [6.07, 6.45) is -6.80. The molecule has 1 aliphatic heterocycles. The van der Waals surface area contributed by atoms with Crippen molar-refractivity contribution in [3.8, 4) is 0 Å². The number of aliphatic hydroxyl groups excluding tert-OH is 1. The number of rotatable bonds is 4. The minimum Gasteiger partial charge on any atom is -0.382 e. The molecule has 1 fully saturated rings. The van der Waals surface area contributed by atoms with Crippen LogP contribution in [0.15, 0.2) is 4.52 Å². The van der Waals surface area contributed by atoms with Crippen LogP contribution in [0.4, 0.5) is 13.2 Å². The van der Waals surface area contributed by atoms with E-state index in [1.54, 1.807) is 18.7 Å². The van der Waals surface area contributed by atoms with Gasteiger partial charge in [0.05, 0.1) is 12.1 Å².